The molecule has 0 saturated carbocycles. The van der Waals surface area contributed by atoms with Crippen molar-refractivity contribution < 1.29 is 4.79 Å². The molecule has 140 valence electrons. The Bertz CT molecular complexity index is 1220. The average Bonchev–Trinajstić information content (AvgIpc) is 3.44. The first-order valence-electron chi connectivity index (χ1n) is 9.36. The zero-order chi connectivity index (χ0) is 19.8. The molecule has 2 aromatic heterocycles. The Balaban J connectivity index is 1.68. The van der Waals surface area contributed by atoms with E-state index < -0.39 is 0 Å². The van der Waals surface area contributed by atoms with E-state index in [0.717, 1.165) is 21.8 Å². The molecule has 4 aromatic rings. The summed E-state index contributed by atoms with van der Waals surface area (Å²) in [4.78, 5) is 16.7. The largest absolute Gasteiger partial charge is 0.321 e. The molecule has 0 spiro atoms. The first-order chi connectivity index (χ1) is 14.3. The fraction of sp³-hybridized carbons (Fsp3) is 0.0833. The van der Waals surface area contributed by atoms with Crippen LogP contribution < -0.4 is 0 Å². The molecule has 1 unspecified atom stereocenters. The molecule has 3 heterocycles. The van der Waals surface area contributed by atoms with Crippen LogP contribution in [0, 0.1) is 11.3 Å². The van der Waals surface area contributed by atoms with Crippen LogP contribution in [0.25, 0.3) is 5.69 Å². The van der Waals surface area contributed by atoms with Crippen molar-refractivity contribution in [2.75, 3.05) is 0 Å². The van der Waals surface area contributed by atoms with E-state index in [9.17, 15) is 4.79 Å². The predicted octanol–water partition coefficient (Wildman–Crippen LogP) is 5.16. The van der Waals surface area contributed by atoms with Crippen LogP contribution in [-0.4, -0.2) is 15.4 Å². The van der Waals surface area contributed by atoms with Crippen molar-refractivity contribution in [3.8, 4) is 11.8 Å². The number of nitriles is 1. The molecule has 1 amide bonds. The number of carbonyl (C=O) groups excluding carboxylic acids is 1. The zero-order valence-corrected chi connectivity index (χ0v) is 16.3. The molecule has 0 bridgehead atoms. The van der Waals surface area contributed by atoms with Crippen LogP contribution >= 0.6 is 11.3 Å². The van der Waals surface area contributed by atoms with Crippen molar-refractivity contribution >= 4 is 17.2 Å². The standard InChI is InChI=1S/C24H17N3OS/c25-15-17-9-11-18(12-10-17)24(28)27-16-19-5-1-2-6-20(19)26-13-3-7-21(26)23(27)22-8-4-14-29-22/h1-14,23H,16H2. The van der Waals surface area contributed by atoms with E-state index in [0.29, 0.717) is 17.7 Å². The summed E-state index contributed by atoms with van der Waals surface area (Å²) < 4.78 is 2.19. The van der Waals surface area contributed by atoms with E-state index >= 15 is 0 Å². The van der Waals surface area contributed by atoms with E-state index in [1.54, 1.807) is 35.6 Å². The minimum absolute atomic E-state index is 0.0441. The highest BCUT2D eigenvalue weighted by atomic mass is 32.1. The number of thiophene rings is 1. The van der Waals surface area contributed by atoms with Crippen LogP contribution in [0.2, 0.25) is 0 Å². The zero-order valence-electron chi connectivity index (χ0n) is 15.5. The van der Waals surface area contributed by atoms with Gasteiger partial charge in [0, 0.05) is 23.2 Å². The van der Waals surface area contributed by atoms with Gasteiger partial charge in [0.05, 0.1) is 23.0 Å². The molecule has 1 aliphatic heterocycles. The van der Waals surface area contributed by atoms with E-state index in [4.69, 9.17) is 5.26 Å². The second kappa shape index (κ2) is 7.08. The highest BCUT2D eigenvalue weighted by molar-refractivity contribution is 7.10. The summed E-state index contributed by atoms with van der Waals surface area (Å²) in [5.74, 6) is -0.0441. The average molecular weight is 395 g/mol. The SMILES string of the molecule is N#Cc1ccc(C(=O)N2Cc3ccccc3-n3cccc3C2c2cccs2)cc1. The molecule has 1 aliphatic rings. The number of benzene rings is 2. The molecule has 0 radical (unpaired) electrons. The molecule has 4 nitrogen and oxygen atoms in total. The smallest absolute Gasteiger partial charge is 0.255 e. The quantitative estimate of drug-likeness (QED) is 0.471. The number of nitrogens with zero attached hydrogens (tertiary/aromatic N) is 3. The van der Waals surface area contributed by atoms with Crippen molar-refractivity contribution in [3.05, 3.63) is 112 Å². The van der Waals surface area contributed by atoms with Crippen LogP contribution in [-0.2, 0) is 6.54 Å². The van der Waals surface area contributed by atoms with Crippen LogP contribution in [0.4, 0.5) is 0 Å². The third-order valence-electron chi connectivity index (χ3n) is 5.30. The molecule has 1 atom stereocenters. The van der Waals surface area contributed by atoms with Gasteiger partial charge in [-0.15, -0.1) is 11.3 Å². The maximum absolute atomic E-state index is 13.6. The van der Waals surface area contributed by atoms with Gasteiger partial charge in [0.1, 0.15) is 6.04 Å². The summed E-state index contributed by atoms with van der Waals surface area (Å²) in [6.45, 7) is 0.513. The summed E-state index contributed by atoms with van der Waals surface area (Å²) in [6, 6.07) is 25.2. The predicted molar refractivity (Wildman–Crippen MR) is 113 cm³/mol. The Hall–Kier alpha value is -3.62. The molecule has 0 saturated heterocycles. The monoisotopic (exact) mass is 395 g/mol. The maximum atomic E-state index is 13.6. The Morgan fingerprint density at radius 1 is 1.00 bits per heavy atom. The molecular formula is C24H17N3OS. The van der Waals surface area contributed by atoms with E-state index in [2.05, 4.69) is 41.1 Å². The summed E-state index contributed by atoms with van der Waals surface area (Å²) in [5.41, 5.74) is 4.41. The van der Waals surface area contributed by atoms with Gasteiger partial charge in [-0.05, 0) is 59.5 Å². The second-order valence-corrected chi connectivity index (χ2v) is 7.95. The highest BCUT2D eigenvalue weighted by Gasteiger charge is 2.33. The van der Waals surface area contributed by atoms with Crippen LogP contribution in [0.1, 0.15) is 38.1 Å². The van der Waals surface area contributed by atoms with Gasteiger partial charge in [-0.3, -0.25) is 4.79 Å². The number of fused-ring (bicyclic) bond motifs is 3. The Kier molecular flexibility index (Phi) is 4.27. The summed E-state index contributed by atoms with van der Waals surface area (Å²) in [5, 5.41) is 11.1. The van der Waals surface area contributed by atoms with Gasteiger partial charge in [0.2, 0.25) is 0 Å². The van der Waals surface area contributed by atoms with Crippen molar-refractivity contribution in [1.29, 1.82) is 5.26 Å². The van der Waals surface area contributed by atoms with Crippen molar-refractivity contribution in [2.24, 2.45) is 0 Å². The fourth-order valence-electron chi connectivity index (χ4n) is 3.94. The number of hydrogen-bond acceptors (Lipinski definition) is 3. The van der Waals surface area contributed by atoms with Gasteiger partial charge in [0.25, 0.3) is 5.91 Å². The topological polar surface area (TPSA) is 49.0 Å². The Morgan fingerprint density at radius 3 is 2.59 bits per heavy atom. The van der Waals surface area contributed by atoms with Gasteiger partial charge in [0.15, 0.2) is 0 Å². The molecule has 0 N–H and O–H groups in total. The lowest BCUT2D eigenvalue weighted by atomic mass is 10.1. The number of hydrogen-bond donors (Lipinski definition) is 0. The number of amides is 1. The van der Waals surface area contributed by atoms with Gasteiger partial charge in [-0.25, -0.2) is 0 Å². The van der Waals surface area contributed by atoms with Crippen molar-refractivity contribution in [1.82, 2.24) is 9.47 Å². The third kappa shape index (κ3) is 2.95. The molecule has 2 aromatic carbocycles. The lowest BCUT2D eigenvalue weighted by molar-refractivity contribution is 0.0693. The first kappa shape index (κ1) is 17.5. The molecule has 5 heteroatoms. The van der Waals surface area contributed by atoms with Crippen LogP contribution in [0.15, 0.2) is 84.4 Å². The normalized spacial score (nSPS) is 15.1. The molecular weight excluding hydrogens is 378 g/mol. The van der Waals surface area contributed by atoms with Gasteiger partial charge >= 0.3 is 0 Å². The van der Waals surface area contributed by atoms with Crippen LogP contribution in [0.5, 0.6) is 0 Å². The number of carbonyl (C=O) groups is 1. The molecule has 29 heavy (non-hydrogen) atoms. The summed E-state index contributed by atoms with van der Waals surface area (Å²) >= 11 is 1.66. The Labute approximate surface area is 172 Å². The fourth-order valence-corrected chi connectivity index (χ4v) is 4.79. The number of rotatable bonds is 2. The van der Waals surface area contributed by atoms with E-state index in [1.807, 2.05) is 34.5 Å². The van der Waals surface area contributed by atoms with Crippen molar-refractivity contribution in [2.45, 2.75) is 12.6 Å². The molecule has 0 aliphatic carbocycles. The highest BCUT2D eigenvalue weighted by Crippen LogP contribution is 2.38. The summed E-state index contributed by atoms with van der Waals surface area (Å²) in [6.07, 6.45) is 2.06. The lowest BCUT2D eigenvalue weighted by Gasteiger charge is -2.30. The van der Waals surface area contributed by atoms with E-state index in [-0.39, 0.29) is 11.9 Å². The minimum atomic E-state index is -0.180. The summed E-state index contributed by atoms with van der Waals surface area (Å²) in [7, 11) is 0. The third-order valence-corrected chi connectivity index (χ3v) is 6.22. The maximum Gasteiger partial charge on any atom is 0.255 e. The molecule has 5 rings (SSSR count). The first-order valence-corrected chi connectivity index (χ1v) is 10.2. The van der Waals surface area contributed by atoms with Crippen LogP contribution in [0.3, 0.4) is 0 Å². The second-order valence-electron chi connectivity index (χ2n) is 6.97. The van der Waals surface area contributed by atoms with E-state index in [1.165, 1.54) is 0 Å². The number of para-hydroxylation sites is 1. The minimum Gasteiger partial charge on any atom is -0.321 e. The molecule has 0 fully saturated rings. The Morgan fingerprint density at radius 2 is 1.83 bits per heavy atom. The number of aromatic nitrogens is 1. The van der Waals surface area contributed by atoms with Gasteiger partial charge in [-0.2, -0.15) is 5.26 Å². The van der Waals surface area contributed by atoms with Crippen molar-refractivity contribution in [3.63, 3.8) is 0 Å². The lowest BCUT2D eigenvalue weighted by Crippen LogP contribution is -2.34. The van der Waals surface area contributed by atoms with Gasteiger partial charge < -0.3 is 9.47 Å². The van der Waals surface area contributed by atoms with Gasteiger partial charge in [-0.1, -0.05) is 24.3 Å².